The van der Waals surface area contributed by atoms with E-state index in [0.29, 0.717) is 128 Å². The van der Waals surface area contributed by atoms with Crippen LogP contribution in [0, 0.1) is 0 Å². The van der Waals surface area contributed by atoms with Gasteiger partial charge in [0, 0.05) is 117 Å². The fourth-order valence-electron chi connectivity index (χ4n) is 11.7. The van der Waals surface area contributed by atoms with E-state index in [0.717, 1.165) is 31.8 Å². The van der Waals surface area contributed by atoms with Crippen LogP contribution in [0.1, 0.15) is 201 Å². The van der Waals surface area contributed by atoms with Crippen LogP contribution in [0.2, 0.25) is 0 Å². The van der Waals surface area contributed by atoms with E-state index in [-0.39, 0.29) is 150 Å². The molecule has 107 heavy (non-hydrogen) atoms. The maximum atomic E-state index is 14.1. The standard InChI is InChI=1S/C71H94N14O17S5/c1-5-9-41-99-82-52(23-21-50(67(82)94)63(90)78-31-13-16-56(78)103)61(88)74-29-36-76(34-27-72-59(86)48-19-25-54(69(96)80-33-15-18-58(80)105)84(65(48)92)101-43-11-7-3)38-45-98-46-39-77(35-28-73-60(87)49-20-26-55(70(97)81-40-47-107-71(81)106)85(66(49)93)102-44-12-8-4)37-30-75-62(89)53-24-22-51(64(91)79-32-14-17-57(79)104)68(95)83(53)100-42-10-6-2/h19-26H,5-18,27-47H2,1-4H3,(H,72,86)(H,73,87)(H,74,88)(H,75,89). The molecule has 0 spiro atoms. The van der Waals surface area contributed by atoms with Gasteiger partial charge < -0.3 is 60.1 Å². The van der Waals surface area contributed by atoms with Gasteiger partial charge in [0.15, 0.2) is 0 Å². The number of hydrogen-bond acceptors (Lipinski definition) is 24. The molecule has 8 heterocycles. The first-order chi connectivity index (χ1) is 51.6. The molecule has 8 amide bonds. The van der Waals surface area contributed by atoms with Gasteiger partial charge in [-0.05, 0) is 93.5 Å². The fourth-order valence-corrected chi connectivity index (χ4v) is 13.9. The van der Waals surface area contributed by atoms with E-state index in [1.54, 1.807) is 0 Å². The summed E-state index contributed by atoms with van der Waals surface area (Å²) in [7, 11) is 0. The van der Waals surface area contributed by atoms with Crippen molar-refractivity contribution in [3.05, 3.63) is 135 Å². The summed E-state index contributed by atoms with van der Waals surface area (Å²) in [5, 5.41) is 11.3. The van der Waals surface area contributed by atoms with Gasteiger partial charge in [0.05, 0.1) is 28.2 Å². The second-order valence-corrected chi connectivity index (χ2v) is 28.6. The summed E-state index contributed by atoms with van der Waals surface area (Å²) < 4.78 is 9.93. The van der Waals surface area contributed by atoms with Crippen molar-refractivity contribution in [2.45, 2.75) is 118 Å². The minimum absolute atomic E-state index is 0.0232. The van der Waals surface area contributed by atoms with Crippen LogP contribution in [0.3, 0.4) is 0 Å². The minimum atomic E-state index is -0.857. The third-order valence-corrected chi connectivity index (χ3v) is 20.5. The first-order valence-electron chi connectivity index (χ1n) is 36.4. The number of rotatable bonds is 42. The van der Waals surface area contributed by atoms with E-state index in [1.165, 1.54) is 79.9 Å². The Morgan fingerprint density at radius 3 is 1.02 bits per heavy atom. The Morgan fingerprint density at radius 1 is 0.383 bits per heavy atom. The molecule has 8 rings (SSSR count). The van der Waals surface area contributed by atoms with Crippen LogP contribution in [-0.2, 0) is 4.74 Å². The van der Waals surface area contributed by atoms with Crippen LogP contribution in [0.25, 0.3) is 0 Å². The van der Waals surface area contributed by atoms with Gasteiger partial charge in [-0.25, -0.2) is 0 Å². The van der Waals surface area contributed by atoms with Crippen molar-refractivity contribution in [2.75, 3.05) is 137 Å². The average Bonchev–Trinajstić information content (AvgIpc) is 1.61. The molecule has 0 saturated carbocycles. The van der Waals surface area contributed by atoms with Gasteiger partial charge in [0.2, 0.25) is 0 Å². The third-order valence-electron chi connectivity index (χ3n) is 17.8. The number of thioether (sulfide) groups is 1. The molecule has 4 aliphatic rings. The number of hydrogen-bond donors (Lipinski definition) is 4. The number of carbonyl (C=O) groups excluding carboxylic acids is 8. The summed E-state index contributed by atoms with van der Waals surface area (Å²) in [6, 6.07) is 10.5. The number of aromatic nitrogens is 4. The Morgan fingerprint density at radius 2 is 0.692 bits per heavy atom. The molecule has 4 N–H and O–H groups in total. The molecule has 36 heteroatoms. The van der Waals surface area contributed by atoms with Crippen LogP contribution in [0.5, 0.6) is 0 Å². The molecule has 0 aliphatic carbocycles. The second-order valence-electron chi connectivity index (χ2n) is 25.4. The summed E-state index contributed by atoms with van der Waals surface area (Å²) >= 11 is 22.9. The number of amides is 8. The van der Waals surface area contributed by atoms with Crippen LogP contribution in [-0.4, -0.2) is 252 Å². The summed E-state index contributed by atoms with van der Waals surface area (Å²) in [6.07, 6.45) is 8.62. The van der Waals surface area contributed by atoms with Gasteiger partial charge in [-0.15, -0.1) is 18.9 Å². The topological polar surface area (TPSA) is 338 Å². The van der Waals surface area contributed by atoms with E-state index in [2.05, 4.69) is 21.3 Å². The Balaban J connectivity index is 0.990. The first-order valence-corrected chi connectivity index (χ1v) is 39.0. The molecular weight excluding hydrogens is 1480 g/mol. The van der Waals surface area contributed by atoms with E-state index in [1.807, 2.05) is 37.5 Å². The fraction of sp³-hybridized carbons (Fsp3) is 0.549. The van der Waals surface area contributed by atoms with Crippen LogP contribution >= 0.6 is 60.6 Å². The van der Waals surface area contributed by atoms with Crippen molar-refractivity contribution in [3.8, 4) is 0 Å². The largest absolute Gasteiger partial charge is 0.410 e. The molecule has 0 radical (unpaired) electrons. The summed E-state index contributed by atoms with van der Waals surface area (Å²) in [5.41, 5.74) is -4.91. The van der Waals surface area contributed by atoms with E-state index < -0.39 is 69.5 Å². The Kier molecular flexibility index (Phi) is 33.1. The lowest BCUT2D eigenvalue weighted by molar-refractivity contribution is 0.0683. The molecule has 580 valence electrons. The average molecular weight is 1580 g/mol. The highest BCUT2D eigenvalue weighted by Gasteiger charge is 2.34. The molecule has 0 aromatic carbocycles. The monoisotopic (exact) mass is 1570 g/mol. The van der Waals surface area contributed by atoms with Gasteiger partial charge in [-0.3, -0.25) is 72.2 Å². The molecule has 4 aliphatic heterocycles. The maximum Gasteiger partial charge on any atom is 0.296 e. The first kappa shape index (κ1) is 84.0. The van der Waals surface area contributed by atoms with Gasteiger partial charge in [0.25, 0.3) is 69.5 Å². The molecule has 4 saturated heterocycles. The Labute approximate surface area is 645 Å². The number of thiocarbonyl (C=S) groups is 4. The van der Waals surface area contributed by atoms with Crippen molar-refractivity contribution < 1.29 is 62.4 Å². The second kappa shape index (κ2) is 42.2. The number of carbonyl (C=O) groups is 8. The molecule has 0 atom stereocenters. The predicted molar refractivity (Wildman–Crippen MR) is 416 cm³/mol. The highest BCUT2D eigenvalue weighted by atomic mass is 32.2. The van der Waals surface area contributed by atoms with Crippen molar-refractivity contribution in [1.29, 1.82) is 0 Å². The zero-order valence-corrected chi connectivity index (χ0v) is 64.9. The van der Waals surface area contributed by atoms with Crippen LogP contribution in [0.15, 0.2) is 67.7 Å². The number of ether oxygens (including phenoxy) is 1. The zero-order valence-electron chi connectivity index (χ0n) is 60.8. The molecule has 4 aromatic rings. The molecule has 4 fully saturated rings. The lowest BCUT2D eigenvalue weighted by Gasteiger charge is -2.25. The zero-order chi connectivity index (χ0) is 77.1. The van der Waals surface area contributed by atoms with Gasteiger partial charge >= 0.3 is 0 Å². The number of unbranched alkanes of at least 4 members (excludes halogenated alkanes) is 4. The van der Waals surface area contributed by atoms with Gasteiger partial charge in [-0.2, -0.15) is 0 Å². The van der Waals surface area contributed by atoms with E-state index in [4.69, 9.17) is 73.0 Å². The number of pyridine rings is 4. The number of nitrogens with one attached hydrogen (secondary N) is 4. The highest BCUT2D eigenvalue weighted by molar-refractivity contribution is 8.23. The molecular formula is C71H94N14O17S5. The SMILES string of the molecule is CCCCOn1c(C(=O)NCCN(CCNC(=O)c2ccc(C(=O)N3CCCC3=S)n(OCCCC)c2=O)CCOCCN(CCNC(=O)c2ccc(C(=O)N3CCSC3=S)n(OCCCC)c2=O)CCNC(=O)c2ccc(C(=O)N3CCCC3=S)c(=O)n2OCCCC)ccc(C(=O)N2CCCC2=S)c1=O. The number of nitrogens with zero attached hydrogens (tertiary/aromatic N) is 10. The third kappa shape index (κ3) is 22.3. The van der Waals surface area contributed by atoms with Gasteiger partial charge in [-0.1, -0.05) is 114 Å². The molecule has 31 nitrogen and oxygen atoms in total. The maximum absolute atomic E-state index is 14.1. The lowest BCUT2D eigenvalue weighted by atomic mass is 10.2. The molecule has 4 aromatic heterocycles. The smallest absolute Gasteiger partial charge is 0.296 e. The molecule has 0 bridgehead atoms. The van der Waals surface area contributed by atoms with Crippen molar-refractivity contribution >= 4 is 127 Å². The Bertz CT molecular complexity index is 3940. The minimum Gasteiger partial charge on any atom is -0.410 e. The number of likely N-dealkylation sites (tertiary alicyclic amines) is 3. The van der Waals surface area contributed by atoms with Gasteiger partial charge in [0.1, 0.15) is 75.8 Å². The van der Waals surface area contributed by atoms with E-state index >= 15 is 0 Å². The highest BCUT2D eigenvalue weighted by Crippen LogP contribution is 2.22. The quantitative estimate of drug-likeness (QED) is 0.0366. The summed E-state index contributed by atoms with van der Waals surface area (Å²) in [5.74, 6) is -4.59. The normalized spacial score (nSPS) is 14.3. The predicted octanol–water partition coefficient (Wildman–Crippen LogP) is 3.05. The lowest BCUT2D eigenvalue weighted by Crippen LogP contribution is -2.45. The van der Waals surface area contributed by atoms with E-state index in [9.17, 15) is 57.5 Å². The van der Waals surface area contributed by atoms with Crippen molar-refractivity contribution in [1.82, 2.24) is 69.6 Å². The van der Waals surface area contributed by atoms with Crippen LogP contribution in [0.4, 0.5) is 0 Å². The van der Waals surface area contributed by atoms with Crippen molar-refractivity contribution in [3.63, 3.8) is 0 Å². The Hall–Kier alpha value is -8.65. The van der Waals surface area contributed by atoms with Crippen molar-refractivity contribution in [2.24, 2.45) is 0 Å². The summed E-state index contributed by atoms with van der Waals surface area (Å²) in [4.78, 5) is 200. The molecule has 0 unspecified atom stereocenters. The summed E-state index contributed by atoms with van der Waals surface area (Å²) in [6.45, 7) is 10.3. The van der Waals surface area contributed by atoms with Crippen LogP contribution < -0.4 is 62.9 Å².